The molecule has 0 atom stereocenters. The number of benzene rings is 2. The Balaban J connectivity index is 1.42. The monoisotopic (exact) mass is 463 g/mol. The highest BCUT2D eigenvalue weighted by molar-refractivity contribution is 7.92. The predicted molar refractivity (Wildman–Crippen MR) is 122 cm³/mol. The standard InChI is InChI=1S/C21H22ClN3O3S2/c1-14(2)30(27,28)17-6-3-15(4-7-17)20(26)24-9-11-25(12-10-24)21-23-18-8-5-16(22)13-19(18)29-21/h3-8,13-14H,9-12H2,1-2H3. The Morgan fingerprint density at radius 3 is 2.37 bits per heavy atom. The van der Waals surface area contributed by atoms with Crippen LogP contribution >= 0.6 is 22.9 Å². The van der Waals surface area contributed by atoms with Crippen LogP contribution in [0.15, 0.2) is 47.4 Å². The molecule has 6 nitrogen and oxygen atoms in total. The van der Waals surface area contributed by atoms with Gasteiger partial charge in [-0.1, -0.05) is 22.9 Å². The molecule has 0 aliphatic carbocycles. The number of rotatable bonds is 4. The van der Waals surface area contributed by atoms with E-state index in [1.807, 2.05) is 18.2 Å². The van der Waals surface area contributed by atoms with Crippen molar-refractivity contribution in [2.75, 3.05) is 31.1 Å². The lowest BCUT2D eigenvalue weighted by molar-refractivity contribution is 0.0746. The number of anilines is 1. The Kier molecular flexibility index (Phi) is 5.74. The first kappa shape index (κ1) is 21.1. The summed E-state index contributed by atoms with van der Waals surface area (Å²) in [7, 11) is -3.34. The number of carbonyl (C=O) groups is 1. The van der Waals surface area contributed by atoms with Crippen LogP contribution in [0.2, 0.25) is 5.02 Å². The van der Waals surface area contributed by atoms with Crippen LogP contribution in [0.1, 0.15) is 24.2 Å². The van der Waals surface area contributed by atoms with Crippen LogP contribution in [0.5, 0.6) is 0 Å². The fraction of sp³-hybridized carbons (Fsp3) is 0.333. The van der Waals surface area contributed by atoms with Gasteiger partial charge in [-0.2, -0.15) is 0 Å². The largest absolute Gasteiger partial charge is 0.345 e. The van der Waals surface area contributed by atoms with Crippen molar-refractivity contribution >= 4 is 54.0 Å². The van der Waals surface area contributed by atoms with E-state index in [1.54, 1.807) is 42.2 Å². The fourth-order valence-electron chi connectivity index (χ4n) is 3.36. The van der Waals surface area contributed by atoms with Gasteiger partial charge < -0.3 is 9.80 Å². The van der Waals surface area contributed by atoms with Crippen LogP contribution in [-0.4, -0.2) is 55.6 Å². The minimum atomic E-state index is -3.34. The molecule has 0 unspecified atom stereocenters. The first-order valence-corrected chi connectivity index (χ1v) is 12.4. The van der Waals surface area contributed by atoms with Crippen LogP contribution in [-0.2, 0) is 9.84 Å². The molecule has 1 aromatic heterocycles. The Hall–Kier alpha value is -2.16. The molecule has 0 saturated carbocycles. The maximum Gasteiger partial charge on any atom is 0.253 e. The van der Waals surface area contributed by atoms with Gasteiger partial charge in [0.05, 0.1) is 20.4 Å². The molecule has 1 amide bonds. The number of nitrogens with zero attached hydrogens (tertiary/aromatic N) is 3. The third kappa shape index (κ3) is 4.04. The number of thiazole rings is 1. The van der Waals surface area contributed by atoms with E-state index in [-0.39, 0.29) is 10.8 Å². The van der Waals surface area contributed by atoms with Gasteiger partial charge in [0.25, 0.3) is 5.91 Å². The SMILES string of the molecule is CC(C)S(=O)(=O)c1ccc(C(=O)N2CCN(c3nc4ccc(Cl)cc4s3)CC2)cc1. The molecule has 0 N–H and O–H groups in total. The zero-order chi connectivity index (χ0) is 21.5. The second kappa shape index (κ2) is 8.17. The normalized spacial score (nSPS) is 15.2. The van der Waals surface area contributed by atoms with Crippen molar-refractivity contribution in [2.45, 2.75) is 24.0 Å². The van der Waals surface area contributed by atoms with Gasteiger partial charge in [0.1, 0.15) is 0 Å². The highest BCUT2D eigenvalue weighted by atomic mass is 35.5. The lowest BCUT2D eigenvalue weighted by Crippen LogP contribution is -2.48. The summed E-state index contributed by atoms with van der Waals surface area (Å²) in [6.45, 7) is 5.85. The summed E-state index contributed by atoms with van der Waals surface area (Å²) in [5, 5.41) is 1.13. The number of carbonyl (C=O) groups excluding carboxylic acids is 1. The molecule has 4 rings (SSSR count). The lowest BCUT2D eigenvalue weighted by atomic mass is 10.2. The van der Waals surface area contributed by atoms with Crippen molar-refractivity contribution in [3.05, 3.63) is 53.1 Å². The van der Waals surface area contributed by atoms with Crippen molar-refractivity contribution in [1.29, 1.82) is 0 Å². The zero-order valence-corrected chi connectivity index (χ0v) is 19.1. The molecule has 1 fully saturated rings. The molecular formula is C21H22ClN3O3S2. The average molecular weight is 464 g/mol. The molecule has 158 valence electrons. The van der Waals surface area contributed by atoms with E-state index in [0.717, 1.165) is 15.3 Å². The maximum absolute atomic E-state index is 12.8. The number of sulfone groups is 1. The minimum Gasteiger partial charge on any atom is -0.345 e. The van der Waals surface area contributed by atoms with Gasteiger partial charge in [-0.25, -0.2) is 13.4 Å². The molecule has 1 aliphatic heterocycles. The van der Waals surface area contributed by atoms with Crippen molar-refractivity contribution < 1.29 is 13.2 Å². The van der Waals surface area contributed by atoms with E-state index in [0.29, 0.717) is 36.8 Å². The van der Waals surface area contributed by atoms with E-state index in [1.165, 1.54) is 12.1 Å². The zero-order valence-electron chi connectivity index (χ0n) is 16.7. The minimum absolute atomic E-state index is 0.0840. The van der Waals surface area contributed by atoms with Crippen LogP contribution in [0.4, 0.5) is 5.13 Å². The van der Waals surface area contributed by atoms with Gasteiger partial charge in [0.2, 0.25) is 0 Å². The van der Waals surface area contributed by atoms with E-state index >= 15 is 0 Å². The molecule has 1 saturated heterocycles. The molecule has 30 heavy (non-hydrogen) atoms. The van der Waals surface area contributed by atoms with Crippen molar-refractivity contribution in [3.8, 4) is 0 Å². The molecule has 0 bridgehead atoms. The number of hydrogen-bond acceptors (Lipinski definition) is 6. The Labute approximate surface area is 185 Å². The molecule has 9 heteroatoms. The van der Waals surface area contributed by atoms with E-state index in [2.05, 4.69) is 9.88 Å². The Morgan fingerprint density at radius 1 is 1.07 bits per heavy atom. The second-order valence-electron chi connectivity index (χ2n) is 7.51. The van der Waals surface area contributed by atoms with Crippen molar-refractivity contribution in [2.24, 2.45) is 0 Å². The number of halogens is 1. The molecule has 2 aromatic carbocycles. The number of amides is 1. The topological polar surface area (TPSA) is 70.6 Å². The highest BCUT2D eigenvalue weighted by Gasteiger charge is 2.25. The van der Waals surface area contributed by atoms with E-state index < -0.39 is 15.1 Å². The summed E-state index contributed by atoms with van der Waals surface area (Å²) in [6.07, 6.45) is 0. The third-order valence-electron chi connectivity index (χ3n) is 5.23. The molecule has 1 aliphatic rings. The van der Waals surface area contributed by atoms with Gasteiger partial charge in [-0.05, 0) is 56.3 Å². The number of aromatic nitrogens is 1. The molecule has 3 aromatic rings. The summed E-state index contributed by atoms with van der Waals surface area (Å²) in [4.78, 5) is 21.7. The highest BCUT2D eigenvalue weighted by Crippen LogP contribution is 2.31. The molecular weight excluding hydrogens is 442 g/mol. The van der Waals surface area contributed by atoms with Crippen molar-refractivity contribution in [3.63, 3.8) is 0 Å². The Morgan fingerprint density at radius 2 is 1.73 bits per heavy atom. The summed E-state index contributed by atoms with van der Waals surface area (Å²) < 4.78 is 25.6. The number of hydrogen-bond donors (Lipinski definition) is 0. The average Bonchev–Trinajstić information content (AvgIpc) is 3.16. The molecule has 2 heterocycles. The second-order valence-corrected chi connectivity index (χ2v) is 11.5. The summed E-state index contributed by atoms with van der Waals surface area (Å²) in [6, 6.07) is 11.9. The first-order chi connectivity index (χ1) is 14.3. The summed E-state index contributed by atoms with van der Waals surface area (Å²) >= 11 is 7.66. The van der Waals surface area contributed by atoms with Crippen LogP contribution < -0.4 is 4.90 Å². The first-order valence-electron chi connectivity index (χ1n) is 9.70. The van der Waals surface area contributed by atoms with E-state index in [4.69, 9.17) is 11.6 Å². The molecule has 0 radical (unpaired) electrons. The van der Waals surface area contributed by atoms with Crippen molar-refractivity contribution in [1.82, 2.24) is 9.88 Å². The predicted octanol–water partition coefficient (Wildman–Crippen LogP) is 4.09. The van der Waals surface area contributed by atoms with E-state index in [9.17, 15) is 13.2 Å². The number of fused-ring (bicyclic) bond motifs is 1. The lowest BCUT2D eigenvalue weighted by Gasteiger charge is -2.34. The van der Waals surface area contributed by atoms with Gasteiger partial charge in [0.15, 0.2) is 15.0 Å². The van der Waals surface area contributed by atoms with Crippen LogP contribution in [0.3, 0.4) is 0 Å². The fourth-order valence-corrected chi connectivity index (χ4v) is 5.72. The number of piperazine rings is 1. The van der Waals surface area contributed by atoms with Crippen LogP contribution in [0.25, 0.3) is 10.2 Å². The third-order valence-corrected chi connectivity index (χ3v) is 8.71. The van der Waals surface area contributed by atoms with Gasteiger partial charge in [-0.15, -0.1) is 0 Å². The van der Waals surface area contributed by atoms with Gasteiger partial charge in [0, 0.05) is 36.8 Å². The smallest absolute Gasteiger partial charge is 0.253 e. The molecule has 0 spiro atoms. The van der Waals surface area contributed by atoms with Crippen LogP contribution in [0, 0.1) is 0 Å². The Bertz CT molecular complexity index is 1180. The van der Waals surface area contributed by atoms with Gasteiger partial charge >= 0.3 is 0 Å². The summed E-state index contributed by atoms with van der Waals surface area (Å²) in [5.74, 6) is -0.0840. The van der Waals surface area contributed by atoms with Gasteiger partial charge in [-0.3, -0.25) is 4.79 Å². The maximum atomic E-state index is 12.8. The quantitative estimate of drug-likeness (QED) is 0.582. The summed E-state index contributed by atoms with van der Waals surface area (Å²) in [5.41, 5.74) is 1.43.